The van der Waals surface area contributed by atoms with E-state index in [1.807, 2.05) is 14.1 Å². The highest BCUT2D eigenvalue weighted by atomic mass is 16.5. The number of aromatic nitrogens is 1. The minimum atomic E-state index is -0.00962. The largest absolute Gasteiger partial charge is 0.487 e. The third kappa shape index (κ3) is 3.43. The van der Waals surface area contributed by atoms with E-state index < -0.39 is 0 Å². The van der Waals surface area contributed by atoms with Crippen LogP contribution in [0.1, 0.15) is 49.3 Å². The van der Waals surface area contributed by atoms with E-state index in [0.717, 1.165) is 37.5 Å². The molecule has 138 valence electrons. The van der Waals surface area contributed by atoms with Crippen LogP contribution in [0.15, 0.2) is 47.7 Å². The SMILES string of the molecule is CN=C(NCc1ccn(C)c1)NC1CC2(CCCC2)Oc2ccccc21. The molecular formula is C21H28N4O. The molecule has 1 aliphatic heterocycles. The Hall–Kier alpha value is -2.43. The summed E-state index contributed by atoms with van der Waals surface area (Å²) in [7, 11) is 3.87. The molecule has 1 spiro atoms. The Balaban J connectivity index is 1.49. The fourth-order valence-corrected chi connectivity index (χ4v) is 4.28. The summed E-state index contributed by atoms with van der Waals surface area (Å²) >= 11 is 0. The van der Waals surface area contributed by atoms with E-state index in [-0.39, 0.29) is 11.6 Å². The van der Waals surface area contributed by atoms with Crippen LogP contribution in [0, 0.1) is 0 Å². The van der Waals surface area contributed by atoms with Gasteiger partial charge in [-0.15, -0.1) is 0 Å². The summed E-state index contributed by atoms with van der Waals surface area (Å²) in [5.74, 6) is 1.86. The molecule has 1 aromatic heterocycles. The number of rotatable bonds is 3. The number of nitrogens with zero attached hydrogens (tertiary/aromatic N) is 2. The second-order valence-corrected chi connectivity index (χ2v) is 7.54. The highest BCUT2D eigenvalue weighted by Gasteiger charge is 2.43. The van der Waals surface area contributed by atoms with Crippen molar-refractivity contribution in [2.75, 3.05) is 7.05 Å². The predicted octanol–water partition coefficient (Wildman–Crippen LogP) is 3.53. The van der Waals surface area contributed by atoms with Gasteiger partial charge in [0.05, 0.1) is 6.04 Å². The van der Waals surface area contributed by atoms with Gasteiger partial charge in [-0.05, 0) is 43.4 Å². The van der Waals surface area contributed by atoms with Gasteiger partial charge in [0.1, 0.15) is 11.4 Å². The number of benzene rings is 1. The number of fused-ring (bicyclic) bond motifs is 1. The first-order chi connectivity index (χ1) is 12.7. The smallest absolute Gasteiger partial charge is 0.191 e. The quantitative estimate of drug-likeness (QED) is 0.656. The second-order valence-electron chi connectivity index (χ2n) is 7.54. The zero-order valence-corrected chi connectivity index (χ0v) is 15.7. The summed E-state index contributed by atoms with van der Waals surface area (Å²) in [5, 5.41) is 7.08. The van der Waals surface area contributed by atoms with Crippen molar-refractivity contribution in [1.29, 1.82) is 0 Å². The van der Waals surface area contributed by atoms with Gasteiger partial charge in [0.2, 0.25) is 0 Å². The maximum absolute atomic E-state index is 6.45. The van der Waals surface area contributed by atoms with Crippen LogP contribution in [-0.2, 0) is 13.6 Å². The minimum absolute atomic E-state index is 0.00962. The molecule has 4 rings (SSSR count). The summed E-state index contributed by atoms with van der Waals surface area (Å²) in [4.78, 5) is 4.44. The summed E-state index contributed by atoms with van der Waals surface area (Å²) < 4.78 is 8.52. The van der Waals surface area contributed by atoms with Gasteiger partial charge >= 0.3 is 0 Å². The number of hydrogen-bond acceptors (Lipinski definition) is 2. The molecule has 2 aromatic rings. The lowest BCUT2D eigenvalue weighted by Crippen LogP contribution is -2.46. The van der Waals surface area contributed by atoms with Crippen LogP contribution in [0.4, 0.5) is 0 Å². The third-order valence-corrected chi connectivity index (χ3v) is 5.60. The lowest BCUT2D eigenvalue weighted by molar-refractivity contribution is 0.0396. The van der Waals surface area contributed by atoms with E-state index >= 15 is 0 Å². The third-order valence-electron chi connectivity index (χ3n) is 5.60. The molecule has 2 heterocycles. The molecule has 0 amide bonds. The summed E-state index contributed by atoms with van der Waals surface area (Å²) in [6, 6.07) is 10.8. The topological polar surface area (TPSA) is 50.6 Å². The van der Waals surface area contributed by atoms with Crippen LogP contribution in [0.2, 0.25) is 0 Å². The van der Waals surface area contributed by atoms with Gasteiger partial charge in [0, 0.05) is 45.0 Å². The Bertz CT molecular complexity index is 789. The Kier molecular flexibility index (Phi) is 4.62. The highest BCUT2D eigenvalue weighted by Crippen LogP contribution is 2.46. The van der Waals surface area contributed by atoms with Gasteiger partial charge in [-0.2, -0.15) is 0 Å². The van der Waals surface area contributed by atoms with Gasteiger partial charge in [-0.25, -0.2) is 0 Å². The molecule has 2 N–H and O–H groups in total. The first kappa shape index (κ1) is 17.0. The van der Waals surface area contributed by atoms with E-state index in [1.165, 1.54) is 24.0 Å². The van der Waals surface area contributed by atoms with Crippen molar-refractivity contribution < 1.29 is 4.74 Å². The van der Waals surface area contributed by atoms with E-state index in [0.29, 0.717) is 0 Å². The van der Waals surface area contributed by atoms with Gasteiger partial charge < -0.3 is 19.9 Å². The molecule has 26 heavy (non-hydrogen) atoms. The fraction of sp³-hybridized carbons (Fsp3) is 0.476. The van der Waals surface area contributed by atoms with Crippen LogP contribution in [0.25, 0.3) is 0 Å². The molecule has 5 heteroatoms. The van der Waals surface area contributed by atoms with Crippen molar-refractivity contribution in [2.24, 2.45) is 12.0 Å². The minimum Gasteiger partial charge on any atom is -0.487 e. The molecule has 1 atom stereocenters. The summed E-state index contributed by atoms with van der Waals surface area (Å²) in [5.41, 5.74) is 2.47. The Labute approximate surface area is 155 Å². The van der Waals surface area contributed by atoms with Crippen molar-refractivity contribution in [3.8, 4) is 5.75 Å². The zero-order chi connectivity index (χ0) is 18.0. The van der Waals surface area contributed by atoms with Crippen LogP contribution < -0.4 is 15.4 Å². The number of hydrogen-bond donors (Lipinski definition) is 2. The zero-order valence-electron chi connectivity index (χ0n) is 15.7. The molecule has 1 saturated carbocycles. The number of para-hydroxylation sites is 1. The Morgan fingerprint density at radius 3 is 2.81 bits per heavy atom. The van der Waals surface area contributed by atoms with Gasteiger partial charge in [0.25, 0.3) is 0 Å². The monoisotopic (exact) mass is 352 g/mol. The van der Waals surface area contributed by atoms with Crippen molar-refractivity contribution in [3.63, 3.8) is 0 Å². The van der Waals surface area contributed by atoms with Crippen LogP contribution >= 0.6 is 0 Å². The van der Waals surface area contributed by atoms with Crippen LogP contribution in [-0.4, -0.2) is 23.2 Å². The Morgan fingerprint density at radius 2 is 2.08 bits per heavy atom. The number of aliphatic imine (C=N–C) groups is 1. The maximum Gasteiger partial charge on any atom is 0.191 e. The van der Waals surface area contributed by atoms with Crippen molar-refractivity contribution in [1.82, 2.24) is 15.2 Å². The van der Waals surface area contributed by atoms with E-state index in [1.54, 1.807) is 0 Å². The van der Waals surface area contributed by atoms with E-state index in [4.69, 9.17) is 4.74 Å². The second kappa shape index (κ2) is 7.06. The molecule has 0 bridgehead atoms. The molecule has 0 radical (unpaired) electrons. The number of ether oxygens (including phenoxy) is 1. The maximum atomic E-state index is 6.45. The average molecular weight is 352 g/mol. The first-order valence-electron chi connectivity index (χ1n) is 9.53. The molecule has 1 aromatic carbocycles. The number of guanidine groups is 1. The molecule has 1 aliphatic carbocycles. The van der Waals surface area contributed by atoms with Crippen molar-refractivity contribution >= 4 is 5.96 Å². The number of aryl methyl sites for hydroxylation is 1. The molecule has 2 aliphatic rings. The van der Waals surface area contributed by atoms with Gasteiger partial charge in [0.15, 0.2) is 5.96 Å². The van der Waals surface area contributed by atoms with Crippen LogP contribution in [0.3, 0.4) is 0 Å². The molecule has 1 unspecified atom stereocenters. The first-order valence-corrected chi connectivity index (χ1v) is 9.53. The lowest BCUT2D eigenvalue weighted by atomic mass is 9.86. The lowest BCUT2D eigenvalue weighted by Gasteiger charge is -2.40. The van der Waals surface area contributed by atoms with Crippen molar-refractivity contribution in [3.05, 3.63) is 53.9 Å². The van der Waals surface area contributed by atoms with E-state index in [2.05, 4.69) is 62.9 Å². The van der Waals surface area contributed by atoms with Crippen LogP contribution in [0.5, 0.6) is 5.75 Å². The highest BCUT2D eigenvalue weighted by molar-refractivity contribution is 5.80. The summed E-state index contributed by atoms with van der Waals surface area (Å²) in [6.07, 6.45) is 10.00. The van der Waals surface area contributed by atoms with Gasteiger partial charge in [-0.3, -0.25) is 4.99 Å². The Morgan fingerprint density at radius 1 is 1.27 bits per heavy atom. The molecule has 1 fully saturated rings. The molecule has 0 saturated heterocycles. The average Bonchev–Trinajstić information content (AvgIpc) is 3.27. The van der Waals surface area contributed by atoms with Gasteiger partial charge in [-0.1, -0.05) is 18.2 Å². The molecule has 5 nitrogen and oxygen atoms in total. The normalized spacial score (nSPS) is 21.3. The summed E-state index contributed by atoms with van der Waals surface area (Å²) in [6.45, 7) is 0.760. The van der Waals surface area contributed by atoms with E-state index in [9.17, 15) is 0 Å². The predicted molar refractivity (Wildman–Crippen MR) is 104 cm³/mol. The standard InChI is InChI=1S/C21H28N4O/c1-22-20(23-14-16-9-12-25(2)15-16)24-18-13-21(10-5-6-11-21)26-19-8-4-3-7-17(18)19/h3-4,7-9,12,15,18H,5-6,10-11,13-14H2,1-2H3,(H2,22,23,24). The number of nitrogens with one attached hydrogen (secondary N) is 2. The fourth-order valence-electron chi connectivity index (χ4n) is 4.28. The molecular weight excluding hydrogens is 324 g/mol. The van der Waals surface area contributed by atoms with Crippen molar-refractivity contribution in [2.45, 2.75) is 50.3 Å².